The summed E-state index contributed by atoms with van der Waals surface area (Å²) in [7, 11) is 0. The number of benzene rings is 1. The zero-order chi connectivity index (χ0) is 13.8. The number of aromatic nitrogens is 1. The molecule has 98 valence electrons. The van der Waals surface area contributed by atoms with Gasteiger partial charge in [-0.15, -0.1) is 0 Å². The number of carbonyl (C=O) groups is 1. The number of nitrogens with one attached hydrogen (secondary N) is 2. The number of rotatable bonds is 3. The quantitative estimate of drug-likeness (QED) is 0.881. The molecule has 2 N–H and O–H groups in total. The van der Waals surface area contributed by atoms with Crippen molar-refractivity contribution in [2.45, 2.75) is 20.4 Å². The highest BCUT2D eigenvalue weighted by molar-refractivity contribution is 5.94. The number of aryl methyl sites for hydroxylation is 2. The zero-order valence-corrected chi connectivity index (χ0v) is 11.0. The molecule has 0 atom stereocenters. The van der Waals surface area contributed by atoms with Crippen LogP contribution < -0.4 is 10.9 Å². The van der Waals surface area contributed by atoms with E-state index >= 15 is 0 Å². The van der Waals surface area contributed by atoms with E-state index in [4.69, 9.17) is 0 Å². The molecule has 1 heterocycles. The molecule has 0 saturated carbocycles. The van der Waals surface area contributed by atoms with Crippen LogP contribution in [-0.2, 0) is 6.54 Å². The number of carbonyl (C=O) groups excluding carboxylic acids is 1. The molecule has 0 aliphatic rings. The molecule has 4 nitrogen and oxygen atoms in total. The van der Waals surface area contributed by atoms with E-state index in [1.807, 2.05) is 31.2 Å². The number of hydrogen-bond donors (Lipinski definition) is 2. The Balaban J connectivity index is 2.10. The number of H-pyrrole nitrogens is 1. The summed E-state index contributed by atoms with van der Waals surface area (Å²) in [6, 6.07) is 10.8. The predicted molar refractivity (Wildman–Crippen MR) is 74.1 cm³/mol. The maximum Gasteiger partial charge on any atom is 0.251 e. The van der Waals surface area contributed by atoms with Gasteiger partial charge in [-0.05, 0) is 31.0 Å². The van der Waals surface area contributed by atoms with Gasteiger partial charge in [0, 0.05) is 23.9 Å². The highest BCUT2D eigenvalue weighted by Crippen LogP contribution is 2.06. The lowest BCUT2D eigenvalue weighted by molar-refractivity contribution is 0.0950. The Hall–Kier alpha value is -2.36. The molecule has 0 radical (unpaired) electrons. The van der Waals surface area contributed by atoms with E-state index in [1.165, 1.54) is 6.07 Å². The van der Waals surface area contributed by atoms with Crippen molar-refractivity contribution in [2.24, 2.45) is 0 Å². The van der Waals surface area contributed by atoms with Crippen LogP contribution >= 0.6 is 0 Å². The SMILES string of the molecule is Cc1cc(C(=O)NCc2ccccc2C)cc(=O)[nH]1. The minimum atomic E-state index is -0.263. The van der Waals surface area contributed by atoms with Crippen molar-refractivity contribution in [3.05, 3.63) is 69.1 Å². The van der Waals surface area contributed by atoms with Crippen molar-refractivity contribution in [1.82, 2.24) is 10.3 Å². The first kappa shape index (κ1) is 13.1. The Bertz CT molecular complexity index is 659. The molecule has 0 spiro atoms. The maximum absolute atomic E-state index is 12.0. The van der Waals surface area contributed by atoms with Crippen molar-refractivity contribution in [3.63, 3.8) is 0 Å². The molecule has 0 fully saturated rings. The minimum absolute atomic E-state index is 0.238. The molecular formula is C15H16N2O2. The van der Waals surface area contributed by atoms with Crippen LogP contribution in [0.4, 0.5) is 0 Å². The average molecular weight is 256 g/mol. The first-order chi connectivity index (χ1) is 9.06. The molecular weight excluding hydrogens is 240 g/mol. The van der Waals surface area contributed by atoms with Crippen molar-refractivity contribution in [3.8, 4) is 0 Å². The standard InChI is InChI=1S/C15H16N2O2/c1-10-5-3-4-6-12(10)9-16-15(19)13-7-11(2)17-14(18)8-13/h3-8H,9H2,1-2H3,(H,16,19)(H,17,18). The molecule has 1 amide bonds. The predicted octanol–water partition coefficient (Wildman–Crippen LogP) is 1.92. The first-order valence-corrected chi connectivity index (χ1v) is 6.10. The van der Waals surface area contributed by atoms with Crippen LogP contribution in [0.5, 0.6) is 0 Å². The van der Waals surface area contributed by atoms with Gasteiger partial charge in [0.05, 0.1) is 0 Å². The third kappa shape index (κ3) is 3.31. The van der Waals surface area contributed by atoms with Gasteiger partial charge < -0.3 is 10.3 Å². The molecule has 4 heteroatoms. The molecule has 2 rings (SSSR count). The Morgan fingerprint density at radius 3 is 2.63 bits per heavy atom. The van der Waals surface area contributed by atoms with Crippen LogP contribution in [0.3, 0.4) is 0 Å². The fraction of sp³-hybridized carbons (Fsp3) is 0.200. The van der Waals surface area contributed by atoms with Crippen LogP contribution in [-0.4, -0.2) is 10.9 Å². The van der Waals surface area contributed by atoms with Gasteiger partial charge in [0.1, 0.15) is 0 Å². The molecule has 0 unspecified atom stereocenters. The highest BCUT2D eigenvalue weighted by atomic mass is 16.2. The second kappa shape index (κ2) is 5.52. The Kier molecular flexibility index (Phi) is 3.80. The van der Waals surface area contributed by atoms with E-state index in [0.29, 0.717) is 17.8 Å². The lowest BCUT2D eigenvalue weighted by Gasteiger charge is -2.08. The Morgan fingerprint density at radius 1 is 1.21 bits per heavy atom. The second-order valence-corrected chi connectivity index (χ2v) is 4.53. The fourth-order valence-corrected chi connectivity index (χ4v) is 1.90. The van der Waals surface area contributed by atoms with Crippen LogP contribution in [0, 0.1) is 13.8 Å². The topological polar surface area (TPSA) is 62.0 Å². The van der Waals surface area contributed by atoms with E-state index in [9.17, 15) is 9.59 Å². The van der Waals surface area contributed by atoms with Gasteiger partial charge in [0.15, 0.2) is 0 Å². The summed E-state index contributed by atoms with van der Waals surface area (Å²) in [4.78, 5) is 25.9. The molecule has 0 saturated heterocycles. The lowest BCUT2D eigenvalue weighted by atomic mass is 10.1. The Labute approximate surface area is 111 Å². The summed E-state index contributed by atoms with van der Waals surface area (Å²) in [5, 5.41) is 2.82. The van der Waals surface area contributed by atoms with E-state index < -0.39 is 0 Å². The molecule has 1 aromatic carbocycles. The minimum Gasteiger partial charge on any atom is -0.348 e. The number of pyridine rings is 1. The molecule has 1 aromatic heterocycles. The van der Waals surface area contributed by atoms with E-state index in [1.54, 1.807) is 13.0 Å². The van der Waals surface area contributed by atoms with E-state index in [2.05, 4.69) is 10.3 Å². The molecule has 0 bridgehead atoms. The summed E-state index contributed by atoms with van der Waals surface area (Å²) < 4.78 is 0. The first-order valence-electron chi connectivity index (χ1n) is 6.10. The third-order valence-corrected chi connectivity index (χ3v) is 2.94. The summed E-state index contributed by atoms with van der Waals surface area (Å²) in [6.07, 6.45) is 0. The van der Waals surface area contributed by atoms with Crippen LogP contribution in [0.2, 0.25) is 0 Å². The Morgan fingerprint density at radius 2 is 1.95 bits per heavy atom. The van der Waals surface area contributed by atoms with Gasteiger partial charge in [0.2, 0.25) is 5.56 Å². The monoisotopic (exact) mass is 256 g/mol. The maximum atomic E-state index is 12.0. The van der Waals surface area contributed by atoms with Crippen LogP contribution in [0.15, 0.2) is 41.2 Å². The number of amides is 1. The lowest BCUT2D eigenvalue weighted by Crippen LogP contribution is -2.25. The zero-order valence-electron chi connectivity index (χ0n) is 11.0. The smallest absolute Gasteiger partial charge is 0.251 e. The summed E-state index contributed by atoms with van der Waals surface area (Å²) in [5.41, 5.74) is 2.99. The summed E-state index contributed by atoms with van der Waals surface area (Å²) in [6.45, 7) is 4.20. The van der Waals surface area contributed by atoms with Crippen molar-refractivity contribution in [1.29, 1.82) is 0 Å². The number of hydrogen-bond acceptors (Lipinski definition) is 2. The molecule has 2 aromatic rings. The van der Waals surface area contributed by atoms with E-state index in [-0.39, 0.29) is 11.5 Å². The average Bonchev–Trinajstić information content (AvgIpc) is 2.36. The van der Waals surface area contributed by atoms with Crippen molar-refractivity contribution >= 4 is 5.91 Å². The second-order valence-electron chi connectivity index (χ2n) is 4.53. The van der Waals surface area contributed by atoms with Gasteiger partial charge in [-0.25, -0.2) is 0 Å². The van der Waals surface area contributed by atoms with Gasteiger partial charge in [-0.3, -0.25) is 9.59 Å². The molecule has 19 heavy (non-hydrogen) atoms. The largest absolute Gasteiger partial charge is 0.348 e. The van der Waals surface area contributed by atoms with Gasteiger partial charge in [-0.2, -0.15) is 0 Å². The summed E-state index contributed by atoms with van der Waals surface area (Å²) >= 11 is 0. The normalized spacial score (nSPS) is 10.2. The molecule has 0 aliphatic heterocycles. The fourth-order valence-electron chi connectivity index (χ4n) is 1.90. The molecule has 0 aliphatic carbocycles. The summed E-state index contributed by atoms with van der Waals surface area (Å²) in [5.74, 6) is -0.238. The number of aromatic amines is 1. The van der Waals surface area contributed by atoms with Crippen molar-refractivity contribution in [2.75, 3.05) is 0 Å². The van der Waals surface area contributed by atoms with Gasteiger partial charge in [-0.1, -0.05) is 24.3 Å². The van der Waals surface area contributed by atoms with Crippen molar-refractivity contribution < 1.29 is 4.79 Å². The van der Waals surface area contributed by atoms with E-state index in [0.717, 1.165) is 11.1 Å². The van der Waals surface area contributed by atoms with Gasteiger partial charge >= 0.3 is 0 Å². The third-order valence-electron chi connectivity index (χ3n) is 2.94. The van der Waals surface area contributed by atoms with Crippen LogP contribution in [0.1, 0.15) is 27.2 Å². The van der Waals surface area contributed by atoms with Crippen LogP contribution in [0.25, 0.3) is 0 Å². The van der Waals surface area contributed by atoms with Gasteiger partial charge in [0.25, 0.3) is 5.91 Å². The highest BCUT2D eigenvalue weighted by Gasteiger charge is 2.07.